The minimum absolute atomic E-state index is 0.162. The smallest absolute Gasteiger partial charge is 0.364 e. The number of fused-ring (bicyclic) bond motifs is 1. The summed E-state index contributed by atoms with van der Waals surface area (Å²) in [5, 5.41) is 6.29. The summed E-state index contributed by atoms with van der Waals surface area (Å²) >= 11 is 0. The predicted octanol–water partition coefficient (Wildman–Crippen LogP) is 6.10. The van der Waals surface area contributed by atoms with E-state index in [4.69, 9.17) is 4.98 Å². The summed E-state index contributed by atoms with van der Waals surface area (Å²) in [4.78, 5) is 18.1. The number of anilines is 3. The van der Waals surface area contributed by atoms with Crippen molar-refractivity contribution in [2.45, 2.75) is 50.9 Å². The van der Waals surface area contributed by atoms with Gasteiger partial charge in [0.05, 0.1) is 11.9 Å². The summed E-state index contributed by atoms with van der Waals surface area (Å²) in [7, 11) is 0. The van der Waals surface area contributed by atoms with Crippen LogP contribution in [0.25, 0.3) is 11.2 Å². The summed E-state index contributed by atoms with van der Waals surface area (Å²) in [5.74, 6) is 1.39. The second kappa shape index (κ2) is 9.28. The van der Waals surface area contributed by atoms with Crippen molar-refractivity contribution in [3.8, 4) is 0 Å². The van der Waals surface area contributed by atoms with Gasteiger partial charge in [0.25, 0.3) is 0 Å². The number of pyridine rings is 1. The van der Waals surface area contributed by atoms with Crippen molar-refractivity contribution < 1.29 is 13.2 Å². The Balaban J connectivity index is 1.48. The third-order valence-electron chi connectivity index (χ3n) is 6.01. The first-order valence-corrected chi connectivity index (χ1v) is 11.3. The van der Waals surface area contributed by atoms with E-state index < -0.39 is 11.7 Å². The Hall–Kier alpha value is -3.69. The van der Waals surface area contributed by atoms with Crippen LogP contribution in [-0.4, -0.2) is 24.5 Å². The molecule has 10 heteroatoms. The third-order valence-corrected chi connectivity index (χ3v) is 6.01. The monoisotopic (exact) mass is 467 g/mol. The highest BCUT2D eigenvalue weighted by Crippen LogP contribution is 2.33. The Morgan fingerprint density at radius 3 is 2.59 bits per heavy atom. The van der Waals surface area contributed by atoms with Crippen molar-refractivity contribution in [2.75, 3.05) is 10.6 Å². The molecule has 0 amide bonds. The molecule has 1 fully saturated rings. The molecule has 0 bridgehead atoms. The molecule has 3 aromatic heterocycles. The van der Waals surface area contributed by atoms with Crippen LogP contribution >= 0.6 is 0 Å². The molecule has 0 atom stereocenters. The van der Waals surface area contributed by atoms with Crippen LogP contribution in [0, 0.1) is 0 Å². The van der Waals surface area contributed by atoms with Crippen LogP contribution in [0.5, 0.6) is 0 Å². The molecular formula is C24H24F3N7. The summed E-state index contributed by atoms with van der Waals surface area (Å²) < 4.78 is 41.4. The van der Waals surface area contributed by atoms with Gasteiger partial charge in [-0.15, -0.1) is 0 Å². The molecule has 0 spiro atoms. The van der Waals surface area contributed by atoms with Crippen molar-refractivity contribution in [3.63, 3.8) is 0 Å². The minimum atomic E-state index is -4.39. The van der Waals surface area contributed by atoms with Gasteiger partial charge in [-0.05, 0) is 42.7 Å². The lowest BCUT2D eigenvalue weighted by atomic mass is 9.95. The van der Waals surface area contributed by atoms with Gasteiger partial charge >= 0.3 is 6.18 Å². The fourth-order valence-corrected chi connectivity index (χ4v) is 4.32. The number of hydrogen-bond donors (Lipinski definition) is 2. The molecule has 0 unspecified atom stereocenters. The van der Waals surface area contributed by atoms with Crippen LogP contribution in [0.4, 0.5) is 30.8 Å². The fraction of sp³-hybridized carbons (Fsp3) is 0.333. The van der Waals surface area contributed by atoms with Crippen molar-refractivity contribution in [2.24, 2.45) is 0 Å². The second-order valence-electron chi connectivity index (χ2n) is 8.40. The standard InChI is InChI=1S/C24H24F3N7/c25-24(26,27)17-8-6-7-16(13-17)14-29-21-20-22(34(15-30-20)18-9-2-1-3-10-18)33-23(32-21)31-19-11-4-5-12-28-19/h4-8,11-13,15,18H,1-3,9-10,14H2,(H2,28,29,31,32,33). The zero-order valence-electron chi connectivity index (χ0n) is 18.4. The molecule has 1 aliphatic carbocycles. The molecule has 2 N–H and O–H groups in total. The number of halogens is 3. The Labute approximate surface area is 194 Å². The lowest BCUT2D eigenvalue weighted by Gasteiger charge is -2.23. The normalized spacial score (nSPS) is 14.9. The highest BCUT2D eigenvalue weighted by atomic mass is 19.4. The van der Waals surface area contributed by atoms with E-state index in [-0.39, 0.29) is 6.54 Å². The fourth-order valence-electron chi connectivity index (χ4n) is 4.32. The highest BCUT2D eigenvalue weighted by Gasteiger charge is 2.30. The van der Waals surface area contributed by atoms with E-state index >= 15 is 0 Å². The van der Waals surface area contributed by atoms with Crippen LogP contribution in [0.15, 0.2) is 55.0 Å². The summed E-state index contributed by atoms with van der Waals surface area (Å²) in [6.45, 7) is 0.162. The van der Waals surface area contributed by atoms with Gasteiger partial charge in [0.2, 0.25) is 5.95 Å². The van der Waals surface area contributed by atoms with Gasteiger partial charge in [-0.3, -0.25) is 0 Å². The van der Waals surface area contributed by atoms with Crippen LogP contribution in [0.2, 0.25) is 0 Å². The Bertz CT molecular complexity index is 1260. The van der Waals surface area contributed by atoms with E-state index in [1.54, 1.807) is 18.6 Å². The lowest BCUT2D eigenvalue weighted by Crippen LogP contribution is -2.13. The van der Waals surface area contributed by atoms with Gasteiger partial charge < -0.3 is 15.2 Å². The zero-order valence-corrected chi connectivity index (χ0v) is 18.4. The maximum absolute atomic E-state index is 13.1. The summed E-state index contributed by atoms with van der Waals surface area (Å²) in [6, 6.07) is 11.0. The average molecular weight is 467 g/mol. The number of imidazole rings is 1. The second-order valence-corrected chi connectivity index (χ2v) is 8.40. The van der Waals surface area contributed by atoms with E-state index in [0.717, 1.165) is 37.8 Å². The quantitative estimate of drug-likeness (QED) is 0.357. The van der Waals surface area contributed by atoms with Gasteiger partial charge in [-0.25, -0.2) is 9.97 Å². The van der Waals surface area contributed by atoms with Gasteiger partial charge in [0.1, 0.15) is 5.82 Å². The van der Waals surface area contributed by atoms with Crippen molar-refractivity contribution in [3.05, 3.63) is 66.1 Å². The number of alkyl halides is 3. The first kappa shape index (κ1) is 22.1. The van der Waals surface area contributed by atoms with Gasteiger partial charge in [0.15, 0.2) is 17.0 Å². The first-order valence-electron chi connectivity index (χ1n) is 11.3. The Morgan fingerprint density at radius 1 is 0.971 bits per heavy atom. The number of rotatable bonds is 6. The van der Waals surface area contributed by atoms with Gasteiger partial charge in [0, 0.05) is 18.8 Å². The van der Waals surface area contributed by atoms with E-state index in [2.05, 4.69) is 30.2 Å². The topological polar surface area (TPSA) is 80.6 Å². The van der Waals surface area contributed by atoms with Crippen molar-refractivity contribution >= 4 is 28.7 Å². The average Bonchev–Trinajstić information content (AvgIpc) is 3.27. The minimum Gasteiger partial charge on any atom is -0.364 e. The Morgan fingerprint density at radius 2 is 1.82 bits per heavy atom. The molecular weight excluding hydrogens is 443 g/mol. The first-order chi connectivity index (χ1) is 16.5. The SMILES string of the molecule is FC(F)(F)c1cccc(CNc2nc(Nc3ccccn3)nc3c2ncn3C2CCCCC2)c1. The molecule has 7 nitrogen and oxygen atoms in total. The molecule has 1 aliphatic rings. The molecule has 4 aromatic rings. The number of benzene rings is 1. The zero-order chi connectivity index (χ0) is 23.5. The molecule has 176 valence electrons. The molecule has 1 aromatic carbocycles. The molecule has 0 saturated heterocycles. The van der Waals surface area contributed by atoms with E-state index in [0.29, 0.717) is 40.4 Å². The van der Waals surface area contributed by atoms with E-state index in [1.165, 1.54) is 12.5 Å². The van der Waals surface area contributed by atoms with Crippen LogP contribution in [0.3, 0.4) is 0 Å². The maximum Gasteiger partial charge on any atom is 0.416 e. The predicted molar refractivity (Wildman–Crippen MR) is 124 cm³/mol. The van der Waals surface area contributed by atoms with Gasteiger partial charge in [-0.1, -0.05) is 37.5 Å². The summed E-state index contributed by atoms with van der Waals surface area (Å²) in [6.07, 6.45) is 4.74. The lowest BCUT2D eigenvalue weighted by molar-refractivity contribution is -0.137. The van der Waals surface area contributed by atoms with E-state index in [1.807, 2.05) is 18.2 Å². The molecule has 34 heavy (non-hydrogen) atoms. The van der Waals surface area contributed by atoms with Gasteiger partial charge in [-0.2, -0.15) is 23.1 Å². The summed E-state index contributed by atoms with van der Waals surface area (Å²) in [5.41, 5.74) is 1.09. The number of nitrogens with zero attached hydrogens (tertiary/aromatic N) is 5. The Kier molecular flexibility index (Phi) is 6.04. The number of aromatic nitrogens is 5. The molecule has 5 rings (SSSR count). The largest absolute Gasteiger partial charge is 0.416 e. The van der Waals surface area contributed by atoms with Crippen molar-refractivity contribution in [1.29, 1.82) is 0 Å². The molecule has 0 radical (unpaired) electrons. The highest BCUT2D eigenvalue weighted by molar-refractivity contribution is 5.84. The molecule has 3 heterocycles. The number of hydrogen-bond acceptors (Lipinski definition) is 6. The molecule has 1 saturated carbocycles. The number of nitrogens with one attached hydrogen (secondary N) is 2. The van der Waals surface area contributed by atoms with Crippen LogP contribution in [-0.2, 0) is 12.7 Å². The van der Waals surface area contributed by atoms with Crippen molar-refractivity contribution in [1.82, 2.24) is 24.5 Å². The van der Waals surface area contributed by atoms with E-state index in [9.17, 15) is 13.2 Å². The van der Waals surface area contributed by atoms with Crippen LogP contribution in [0.1, 0.15) is 49.3 Å². The third kappa shape index (κ3) is 4.80. The molecule has 0 aliphatic heterocycles. The van der Waals surface area contributed by atoms with Crippen LogP contribution < -0.4 is 10.6 Å². The maximum atomic E-state index is 13.1.